The molecule has 0 aliphatic carbocycles. The summed E-state index contributed by atoms with van der Waals surface area (Å²) < 4.78 is 27.5. The summed E-state index contributed by atoms with van der Waals surface area (Å²) in [7, 11) is 0. The SMILES string of the molecule is Cc1cc(C)nc(NNC(=O)[C@H](NC(=O)c2c(F)cccc2F)C(C)C)n1. The van der Waals surface area contributed by atoms with E-state index in [1.807, 2.05) is 0 Å². The maximum absolute atomic E-state index is 13.8. The largest absolute Gasteiger partial charge is 0.340 e. The van der Waals surface area contributed by atoms with Gasteiger partial charge in [-0.05, 0) is 38.0 Å². The lowest BCUT2D eigenvalue weighted by molar-refractivity contribution is -0.123. The van der Waals surface area contributed by atoms with Gasteiger partial charge in [0.2, 0.25) is 5.95 Å². The molecule has 1 heterocycles. The van der Waals surface area contributed by atoms with Gasteiger partial charge in [-0.1, -0.05) is 19.9 Å². The van der Waals surface area contributed by atoms with E-state index in [1.54, 1.807) is 33.8 Å². The number of nitrogens with one attached hydrogen (secondary N) is 3. The van der Waals surface area contributed by atoms with Gasteiger partial charge < -0.3 is 5.32 Å². The fourth-order valence-corrected chi connectivity index (χ4v) is 2.44. The van der Waals surface area contributed by atoms with E-state index in [1.165, 1.54) is 0 Å². The van der Waals surface area contributed by atoms with E-state index in [9.17, 15) is 18.4 Å². The van der Waals surface area contributed by atoms with Gasteiger partial charge in [-0.3, -0.25) is 20.4 Å². The minimum absolute atomic E-state index is 0.190. The van der Waals surface area contributed by atoms with Crippen molar-refractivity contribution < 1.29 is 18.4 Å². The molecule has 27 heavy (non-hydrogen) atoms. The highest BCUT2D eigenvalue weighted by Gasteiger charge is 2.27. The first-order valence-electron chi connectivity index (χ1n) is 8.32. The maximum atomic E-state index is 13.8. The second-order valence-electron chi connectivity index (χ2n) is 6.38. The molecule has 0 bridgehead atoms. The number of aromatic nitrogens is 2. The average molecular weight is 377 g/mol. The van der Waals surface area contributed by atoms with Crippen LogP contribution >= 0.6 is 0 Å². The summed E-state index contributed by atoms with van der Waals surface area (Å²) in [6, 6.07) is 3.84. The number of amides is 2. The molecule has 1 atom stereocenters. The van der Waals surface area contributed by atoms with Crippen LogP contribution in [0, 0.1) is 31.4 Å². The van der Waals surface area contributed by atoms with E-state index in [-0.39, 0.29) is 11.9 Å². The van der Waals surface area contributed by atoms with E-state index in [2.05, 4.69) is 26.1 Å². The predicted molar refractivity (Wildman–Crippen MR) is 95.7 cm³/mol. The van der Waals surface area contributed by atoms with Gasteiger partial charge in [-0.25, -0.2) is 18.7 Å². The number of hydrazine groups is 1. The first-order valence-corrected chi connectivity index (χ1v) is 8.32. The fourth-order valence-electron chi connectivity index (χ4n) is 2.44. The Morgan fingerprint density at radius 2 is 1.59 bits per heavy atom. The third-order valence-electron chi connectivity index (χ3n) is 3.71. The highest BCUT2D eigenvalue weighted by atomic mass is 19.1. The van der Waals surface area contributed by atoms with Crippen molar-refractivity contribution in [2.24, 2.45) is 5.92 Å². The van der Waals surface area contributed by atoms with E-state index in [0.29, 0.717) is 11.4 Å². The highest BCUT2D eigenvalue weighted by Crippen LogP contribution is 2.13. The van der Waals surface area contributed by atoms with Gasteiger partial charge in [0.05, 0.1) is 0 Å². The molecule has 2 amide bonds. The summed E-state index contributed by atoms with van der Waals surface area (Å²) in [5.41, 5.74) is 5.67. The van der Waals surface area contributed by atoms with Crippen LogP contribution in [0.3, 0.4) is 0 Å². The molecule has 144 valence electrons. The Balaban J connectivity index is 2.10. The van der Waals surface area contributed by atoms with Crippen molar-refractivity contribution in [1.82, 2.24) is 20.7 Å². The summed E-state index contributed by atoms with van der Waals surface area (Å²) in [6.07, 6.45) is 0. The molecule has 0 fully saturated rings. The Morgan fingerprint density at radius 3 is 2.11 bits per heavy atom. The number of halogens is 2. The topological polar surface area (TPSA) is 96.0 Å². The Labute approximate surface area is 155 Å². The lowest BCUT2D eigenvalue weighted by Crippen LogP contribution is -2.51. The molecule has 0 aliphatic heterocycles. The Morgan fingerprint density at radius 1 is 1.04 bits per heavy atom. The Kier molecular flexibility index (Phi) is 6.38. The molecule has 0 aliphatic rings. The van der Waals surface area contributed by atoms with Gasteiger partial charge in [0, 0.05) is 11.4 Å². The van der Waals surface area contributed by atoms with Crippen LogP contribution in [0.4, 0.5) is 14.7 Å². The normalized spacial score (nSPS) is 11.8. The molecule has 3 N–H and O–H groups in total. The predicted octanol–water partition coefficient (Wildman–Crippen LogP) is 2.27. The van der Waals surface area contributed by atoms with Crippen molar-refractivity contribution >= 4 is 17.8 Å². The van der Waals surface area contributed by atoms with Crippen molar-refractivity contribution in [2.45, 2.75) is 33.7 Å². The second kappa shape index (κ2) is 8.52. The number of benzene rings is 1. The molecule has 9 heteroatoms. The van der Waals surface area contributed by atoms with Crippen molar-refractivity contribution in [3.05, 3.63) is 52.9 Å². The maximum Gasteiger partial charge on any atom is 0.261 e. The fraction of sp³-hybridized carbons (Fsp3) is 0.333. The lowest BCUT2D eigenvalue weighted by atomic mass is 10.0. The first-order chi connectivity index (χ1) is 12.7. The standard InChI is InChI=1S/C18H21F2N5O2/c1-9(2)15(23-16(26)14-12(19)6-5-7-13(14)20)17(27)24-25-18-21-10(3)8-11(4)22-18/h5-9,15H,1-4H3,(H,23,26)(H,24,27)(H,21,22,25)/t15-/m1/s1. The molecule has 2 rings (SSSR count). The first kappa shape index (κ1) is 20.2. The van der Waals surface area contributed by atoms with E-state index >= 15 is 0 Å². The molecule has 7 nitrogen and oxygen atoms in total. The zero-order valence-corrected chi connectivity index (χ0v) is 15.4. The molecule has 1 aromatic heterocycles. The van der Waals surface area contributed by atoms with Crippen LogP contribution in [0.5, 0.6) is 0 Å². The van der Waals surface area contributed by atoms with E-state index < -0.39 is 35.1 Å². The number of aryl methyl sites for hydroxylation is 2. The number of rotatable bonds is 6. The van der Waals surface area contributed by atoms with E-state index in [4.69, 9.17) is 0 Å². The zero-order valence-electron chi connectivity index (χ0n) is 15.4. The minimum atomic E-state index is -1.03. The molecule has 1 aromatic carbocycles. The van der Waals surface area contributed by atoms with Crippen molar-refractivity contribution in [3.8, 4) is 0 Å². The minimum Gasteiger partial charge on any atom is -0.340 e. The van der Waals surface area contributed by atoms with Crippen LogP contribution in [-0.4, -0.2) is 27.8 Å². The molecule has 0 saturated carbocycles. The molecule has 2 aromatic rings. The zero-order chi connectivity index (χ0) is 20.1. The van der Waals surface area contributed by atoms with Crippen molar-refractivity contribution in [2.75, 3.05) is 5.43 Å². The summed E-state index contributed by atoms with van der Waals surface area (Å²) in [6.45, 7) is 6.94. The molecule has 0 spiro atoms. The molecule has 0 radical (unpaired) electrons. The van der Waals surface area contributed by atoms with Gasteiger partial charge >= 0.3 is 0 Å². The molecule has 0 saturated heterocycles. The van der Waals surface area contributed by atoms with Crippen LogP contribution in [0.1, 0.15) is 35.6 Å². The monoisotopic (exact) mass is 377 g/mol. The van der Waals surface area contributed by atoms with Gasteiger partial charge in [0.1, 0.15) is 23.2 Å². The number of anilines is 1. The summed E-state index contributed by atoms with van der Waals surface area (Å²) >= 11 is 0. The van der Waals surface area contributed by atoms with Crippen LogP contribution < -0.4 is 16.2 Å². The summed E-state index contributed by atoms with van der Waals surface area (Å²) in [4.78, 5) is 32.9. The van der Waals surface area contributed by atoms with Gasteiger partial charge in [0.25, 0.3) is 11.8 Å². The van der Waals surface area contributed by atoms with Crippen molar-refractivity contribution in [3.63, 3.8) is 0 Å². The Bertz CT molecular complexity index is 817. The van der Waals surface area contributed by atoms with Crippen molar-refractivity contribution in [1.29, 1.82) is 0 Å². The third-order valence-corrected chi connectivity index (χ3v) is 3.71. The quantitative estimate of drug-likeness (QED) is 0.671. The van der Waals surface area contributed by atoms with Crippen LogP contribution in [0.2, 0.25) is 0 Å². The number of hydrogen-bond acceptors (Lipinski definition) is 5. The lowest BCUT2D eigenvalue weighted by Gasteiger charge is -2.22. The summed E-state index contributed by atoms with van der Waals surface area (Å²) in [5.74, 6) is -3.77. The average Bonchev–Trinajstić information content (AvgIpc) is 2.56. The Hall–Kier alpha value is -3.10. The molecule has 0 unspecified atom stereocenters. The number of carbonyl (C=O) groups excluding carboxylic acids is 2. The van der Waals surface area contributed by atoms with Crippen LogP contribution in [0.25, 0.3) is 0 Å². The smallest absolute Gasteiger partial charge is 0.261 e. The van der Waals surface area contributed by atoms with E-state index in [0.717, 1.165) is 18.2 Å². The second-order valence-corrected chi connectivity index (χ2v) is 6.38. The molecular weight excluding hydrogens is 356 g/mol. The van der Waals surface area contributed by atoms with Gasteiger partial charge in [-0.2, -0.15) is 0 Å². The third kappa shape index (κ3) is 5.19. The highest BCUT2D eigenvalue weighted by molar-refractivity contribution is 5.98. The van der Waals surface area contributed by atoms with Gasteiger partial charge in [0.15, 0.2) is 0 Å². The molecular formula is C18H21F2N5O2. The summed E-state index contributed by atoms with van der Waals surface area (Å²) in [5, 5.41) is 2.36. The van der Waals surface area contributed by atoms with Crippen LogP contribution in [0.15, 0.2) is 24.3 Å². The van der Waals surface area contributed by atoms with Gasteiger partial charge in [-0.15, -0.1) is 0 Å². The number of hydrogen-bond donors (Lipinski definition) is 3. The number of nitrogens with zero attached hydrogens (tertiary/aromatic N) is 2. The number of carbonyl (C=O) groups is 2. The van der Waals surface area contributed by atoms with Crippen LogP contribution in [-0.2, 0) is 4.79 Å².